The van der Waals surface area contributed by atoms with Crippen molar-refractivity contribution in [2.75, 3.05) is 31.2 Å². The molecule has 2 aliphatic heterocycles. The number of rotatable bonds is 3. The second-order valence-corrected chi connectivity index (χ2v) is 11.7. The van der Waals surface area contributed by atoms with Crippen LogP contribution in [0.5, 0.6) is 11.5 Å². The van der Waals surface area contributed by atoms with Gasteiger partial charge in [-0.25, -0.2) is 18.7 Å². The zero-order chi connectivity index (χ0) is 31.3. The number of nitrogens with zero attached hydrogens (tertiary/aromatic N) is 6. The molecule has 228 valence electrons. The number of hydrogen-bond acceptors (Lipinski definition) is 8. The molecule has 1 amide bonds. The topological polar surface area (TPSA) is 103 Å². The number of amides is 1. The van der Waals surface area contributed by atoms with Gasteiger partial charge in [-0.05, 0) is 44.0 Å². The maximum Gasteiger partial charge on any atom is 0.356 e. The van der Waals surface area contributed by atoms with Gasteiger partial charge in [-0.3, -0.25) is 9.78 Å². The van der Waals surface area contributed by atoms with Gasteiger partial charge in [0.25, 0.3) is 0 Å². The minimum absolute atomic E-state index is 0.0655. The first-order chi connectivity index (χ1) is 21.1. The van der Waals surface area contributed by atoms with Gasteiger partial charge >= 0.3 is 5.69 Å². The molecule has 2 atom stereocenters. The molecule has 5 heterocycles. The predicted molar refractivity (Wildman–Crippen MR) is 167 cm³/mol. The summed E-state index contributed by atoms with van der Waals surface area (Å²) in [4.78, 5) is 44.3. The third kappa shape index (κ3) is 4.94. The molecule has 3 aromatic heterocycles. The van der Waals surface area contributed by atoms with E-state index in [1.165, 1.54) is 16.7 Å². The van der Waals surface area contributed by atoms with E-state index in [4.69, 9.17) is 26.1 Å². The van der Waals surface area contributed by atoms with E-state index in [0.717, 1.165) is 0 Å². The van der Waals surface area contributed by atoms with Crippen molar-refractivity contribution in [3.8, 4) is 28.4 Å². The normalized spacial score (nSPS) is 18.2. The number of fused-ring (bicyclic) bond motifs is 5. The highest BCUT2D eigenvalue weighted by Gasteiger charge is 2.34. The molecule has 0 saturated carbocycles. The first kappa shape index (κ1) is 29.6. The van der Waals surface area contributed by atoms with E-state index < -0.39 is 11.5 Å². The van der Waals surface area contributed by atoms with Crippen LogP contribution in [0.3, 0.4) is 0 Å². The molecule has 0 radical (unpaired) electrons. The first-order valence-corrected chi connectivity index (χ1v) is 14.8. The van der Waals surface area contributed by atoms with Crippen molar-refractivity contribution in [3.05, 3.63) is 76.2 Å². The molecule has 1 aromatic carbocycles. The molecule has 4 aromatic rings. The molecule has 6 rings (SSSR count). The average Bonchev–Trinajstić information content (AvgIpc) is 2.99. The number of ether oxygens (including phenoxy) is 2. The van der Waals surface area contributed by atoms with Crippen LogP contribution in [0, 0.1) is 5.82 Å². The van der Waals surface area contributed by atoms with Crippen LogP contribution < -0.4 is 20.1 Å². The van der Waals surface area contributed by atoms with Crippen molar-refractivity contribution < 1.29 is 18.7 Å². The average molecular weight is 619 g/mol. The Hall–Kier alpha value is -4.51. The van der Waals surface area contributed by atoms with Gasteiger partial charge in [-0.15, -0.1) is 0 Å². The fourth-order valence-electron chi connectivity index (χ4n) is 5.92. The maximum atomic E-state index is 16.3. The molecule has 2 aliphatic rings. The summed E-state index contributed by atoms with van der Waals surface area (Å²) in [6.07, 6.45) is 2.91. The number of carbonyl (C=O) groups excluding carboxylic acids is 1. The summed E-state index contributed by atoms with van der Waals surface area (Å²) in [7, 11) is 0. The molecule has 0 N–H and O–H groups in total. The van der Waals surface area contributed by atoms with Crippen LogP contribution in [0.25, 0.3) is 28.0 Å². The number of benzene rings is 1. The Kier molecular flexibility index (Phi) is 7.75. The van der Waals surface area contributed by atoms with Crippen LogP contribution >= 0.6 is 11.6 Å². The van der Waals surface area contributed by atoms with Gasteiger partial charge in [0.15, 0.2) is 11.5 Å². The van der Waals surface area contributed by atoms with E-state index in [2.05, 4.69) is 16.5 Å². The molecule has 44 heavy (non-hydrogen) atoms. The molecule has 12 heteroatoms. The van der Waals surface area contributed by atoms with Crippen molar-refractivity contribution in [2.24, 2.45) is 0 Å². The molecular formula is C32H32ClFN6O4. The minimum Gasteiger partial charge on any atom is -0.489 e. The third-order valence-corrected chi connectivity index (χ3v) is 8.33. The molecule has 10 nitrogen and oxygen atoms in total. The summed E-state index contributed by atoms with van der Waals surface area (Å²) >= 11 is 6.62. The highest BCUT2D eigenvalue weighted by atomic mass is 35.5. The van der Waals surface area contributed by atoms with Crippen LogP contribution in [0.2, 0.25) is 5.02 Å². The van der Waals surface area contributed by atoms with E-state index in [-0.39, 0.29) is 64.9 Å². The second-order valence-electron chi connectivity index (χ2n) is 11.3. The summed E-state index contributed by atoms with van der Waals surface area (Å²) < 4.78 is 29.8. The van der Waals surface area contributed by atoms with Gasteiger partial charge in [0.1, 0.15) is 41.9 Å². The van der Waals surface area contributed by atoms with Crippen molar-refractivity contribution >= 4 is 34.4 Å². The maximum absolute atomic E-state index is 16.3. The zero-order valence-corrected chi connectivity index (χ0v) is 25.6. The number of pyridine rings is 2. The Morgan fingerprint density at radius 1 is 1.11 bits per heavy atom. The molecule has 1 fully saturated rings. The summed E-state index contributed by atoms with van der Waals surface area (Å²) in [5, 5.41) is 0.550. The van der Waals surface area contributed by atoms with Crippen molar-refractivity contribution in [1.82, 2.24) is 24.4 Å². The van der Waals surface area contributed by atoms with Crippen LogP contribution in [-0.4, -0.2) is 68.7 Å². The Labute approximate surface area is 258 Å². The summed E-state index contributed by atoms with van der Waals surface area (Å²) in [6, 6.07) is 7.56. The van der Waals surface area contributed by atoms with E-state index in [1.807, 2.05) is 32.6 Å². The van der Waals surface area contributed by atoms with Crippen molar-refractivity contribution in [3.63, 3.8) is 0 Å². The molecule has 1 saturated heterocycles. The standard InChI is InChI=1S/C32H32ClFN6O4/c1-6-25(41)38-15-19(5)39(16-18(38)4)30-20-14-22(34)28-26-21(33)8-7-9-23(26)43-12-13-44-24-10-11-35-27(17(2)3)29(24)40(31(20)36-28)32(42)37-30/h6-11,14,17-19H,1,12-13,15-16H2,2-5H3/t18-,19+/m1/s1. The number of piperazine rings is 1. The van der Waals surface area contributed by atoms with Crippen LogP contribution in [0.1, 0.15) is 39.3 Å². The number of anilines is 1. The SMILES string of the molecule is C=CC(=O)N1C[C@H](C)N(c2nc(=O)n3c4nc(c(F)cc24)-c2c(Cl)cccc2OCCOc2ccnc(C(C)C)c2-3)C[C@H]1C. The molecule has 0 unspecified atom stereocenters. The summed E-state index contributed by atoms with van der Waals surface area (Å²) in [5.74, 6) is 0.0465. The fourth-order valence-corrected chi connectivity index (χ4v) is 6.18. The van der Waals surface area contributed by atoms with Crippen LogP contribution in [0.15, 0.2) is 54.0 Å². The smallest absolute Gasteiger partial charge is 0.356 e. The third-order valence-electron chi connectivity index (χ3n) is 8.01. The number of carbonyl (C=O) groups is 1. The van der Waals surface area contributed by atoms with Gasteiger partial charge in [-0.1, -0.05) is 38.1 Å². The Morgan fingerprint density at radius 2 is 1.86 bits per heavy atom. The van der Waals surface area contributed by atoms with Gasteiger partial charge in [-0.2, -0.15) is 4.98 Å². The van der Waals surface area contributed by atoms with E-state index in [1.54, 1.807) is 35.4 Å². The van der Waals surface area contributed by atoms with Crippen molar-refractivity contribution in [2.45, 2.75) is 45.7 Å². The Morgan fingerprint density at radius 3 is 2.59 bits per heavy atom. The molecule has 2 bridgehead atoms. The molecule has 0 aliphatic carbocycles. The lowest BCUT2D eigenvalue weighted by Gasteiger charge is -2.44. The fraction of sp³-hybridized carbons (Fsp3) is 0.344. The number of aromatic nitrogens is 4. The second kappa shape index (κ2) is 11.5. The van der Waals surface area contributed by atoms with Gasteiger partial charge in [0.05, 0.1) is 21.7 Å². The molecular weight excluding hydrogens is 587 g/mol. The van der Waals surface area contributed by atoms with Gasteiger partial charge < -0.3 is 19.3 Å². The highest BCUT2D eigenvalue weighted by Crippen LogP contribution is 2.40. The number of hydrogen-bond donors (Lipinski definition) is 0. The molecule has 0 spiro atoms. The minimum atomic E-state index is -0.659. The van der Waals surface area contributed by atoms with Crippen LogP contribution in [-0.2, 0) is 4.79 Å². The van der Waals surface area contributed by atoms with E-state index in [0.29, 0.717) is 41.4 Å². The monoisotopic (exact) mass is 618 g/mol. The van der Waals surface area contributed by atoms with Crippen molar-refractivity contribution in [1.29, 1.82) is 0 Å². The lowest BCUT2D eigenvalue weighted by Crippen LogP contribution is -2.58. The quantitative estimate of drug-likeness (QED) is 0.291. The van der Waals surface area contributed by atoms with Gasteiger partial charge in [0, 0.05) is 37.4 Å². The lowest BCUT2D eigenvalue weighted by atomic mass is 10.1. The highest BCUT2D eigenvalue weighted by molar-refractivity contribution is 6.33. The van der Waals surface area contributed by atoms with Crippen LogP contribution in [0.4, 0.5) is 10.2 Å². The van der Waals surface area contributed by atoms with E-state index >= 15 is 4.39 Å². The van der Waals surface area contributed by atoms with Gasteiger partial charge in [0.2, 0.25) is 5.91 Å². The summed E-state index contributed by atoms with van der Waals surface area (Å²) in [5.41, 5.74) is 0.693. The first-order valence-electron chi connectivity index (χ1n) is 14.5. The summed E-state index contributed by atoms with van der Waals surface area (Å²) in [6.45, 7) is 12.4. The van der Waals surface area contributed by atoms with E-state index in [9.17, 15) is 9.59 Å². The Bertz CT molecular complexity index is 1860. The number of halogens is 2. The predicted octanol–water partition coefficient (Wildman–Crippen LogP) is 5.14. The zero-order valence-electron chi connectivity index (χ0n) is 24.9. The Balaban J connectivity index is 1.69. The lowest BCUT2D eigenvalue weighted by molar-refractivity contribution is -0.128. The largest absolute Gasteiger partial charge is 0.489 e.